The van der Waals surface area contributed by atoms with Crippen LogP contribution in [-0.4, -0.2) is 84.2 Å². The van der Waals surface area contributed by atoms with Gasteiger partial charge in [0.15, 0.2) is 23.0 Å². The van der Waals surface area contributed by atoms with Gasteiger partial charge in [-0.25, -0.2) is 0 Å². The second kappa shape index (κ2) is 9.24. The van der Waals surface area contributed by atoms with Crippen molar-refractivity contribution in [1.82, 2.24) is 0 Å². The fraction of sp³-hybridized carbons (Fsp3) is 0.478. The molecule has 1 aliphatic heterocycles. The summed E-state index contributed by atoms with van der Waals surface area (Å²) in [7, 11) is 4.53. The van der Waals surface area contributed by atoms with Gasteiger partial charge in [0.05, 0.1) is 27.9 Å². The van der Waals surface area contributed by atoms with Crippen LogP contribution in [-0.2, 0) is 17.6 Å². The zero-order valence-electron chi connectivity index (χ0n) is 18.5. The van der Waals surface area contributed by atoms with E-state index in [0.717, 1.165) is 16.7 Å². The number of fused-ring (bicyclic) bond motifs is 3. The number of ether oxygens (including phenoxy) is 5. The summed E-state index contributed by atoms with van der Waals surface area (Å²) >= 11 is 0. The molecule has 0 unspecified atom stereocenters. The Morgan fingerprint density at radius 3 is 2.12 bits per heavy atom. The molecule has 2 aromatic rings. The van der Waals surface area contributed by atoms with E-state index in [1.807, 2.05) is 12.1 Å². The van der Waals surface area contributed by atoms with Crippen molar-refractivity contribution >= 4 is 0 Å². The zero-order chi connectivity index (χ0) is 23.9. The molecule has 0 radical (unpaired) electrons. The first kappa shape index (κ1) is 23.4. The van der Waals surface area contributed by atoms with E-state index < -0.39 is 37.3 Å². The van der Waals surface area contributed by atoms with E-state index in [9.17, 15) is 25.5 Å². The van der Waals surface area contributed by atoms with E-state index in [-0.39, 0.29) is 17.2 Å². The smallest absolute Gasteiger partial charge is 0.229 e. The quantitative estimate of drug-likeness (QED) is 0.406. The Morgan fingerprint density at radius 2 is 1.48 bits per heavy atom. The van der Waals surface area contributed by atoms with Crippen LogP contribution in [0.4, 0.5) is 0 Å². The first-order chi connectivity index (χ1) is 15.8. The van der Waals surface area contributed by atoms with Crippen molar-refractivity contribution in [2.45, 2.75) is 43.5 Å². The van der Waals surface area contributed by atoms with Gasteiger partial charge in [0.1, 0.15) is 24.4 Å². The Balaban J connectivity index is 1.75. The summed E-state index contributed by atoms with van der Waals surface area (Å²) in [6.45, 7) is -0.591. The second-order valence-corrected chi connectivity index (χ2v) is 7.97. The van der Waals surface area contributed by atoms with Crippen molar-refractivity contribution in [2.75, 3.05) is 27.9 Å². The van der Waals surface area contributed by atoms with Gasteiger partial charge in [-0.15, -0.1) is 0 Å². The minimum absolute atomic E-state index is 0.0288. The highest BCUT2D eigenvalue weighted by molar-refractivity contribution is 5.84. The molecule has 4 rings (SSSR count). The number of hydrogen-bond donors (Lipinski definition) is 5. The van der Waals surface area contributed by atoms with E-state index in [0.29, 0.717) is 29.9 Å². The molecule has 0 bridgehead atoms. The zero-order valence-corrected chi connectivity index (χ0v) is 18.5. The number of aryl methyl sites for hydroxylation is 2. The molecule has 5 N–H and O–H groups in total. The molecule has 5 atom stereocenters. The highest BCUT2D eigenvalue weighted by atomic mass is 16.7. The van der Waals surface area contributed by atoms with Crippen LogP contribution < -0.4 is 18.9 Å². The summed E-state index contributed by atoms with van der Waals surface area (Å²) < 4.78 is 27.5. The minimum atomic E-state index is -1.61. The van der Waals surface area contributed by atoms with Crippen LogP contribution in [0.3, 0.4) is 0 Å². The number of phenols is 1. The average Bonchev–Trinajstić information content (AvgIpc) is 2.83. The molecule has 0 aromatic heterocycles. The molecule has 1 fully saturated rings. The van der Waals surface area contributed by atoms with Crippen LogP contribution in [0.25, 0.3) is 11.1 Å². The summed E-state index contributed by atoms with van der Waals surface area (Å²) in [5.74, 6) is 0.952. The van der Waals surface area contributed by atoms with Gasteiger partial charge in [-0.1, -0.05) is 0 Å². The van der Waals surface area contributed by atoms with Gasteiger partial charge < -0.3 is 49.2 Å². The molecule has 0 amide bonds. The molecular formula is C23H28O10. The first-order valence-electron chi connectivity index (χ1n) is 10.5. The van der Waals surface area contributed by atoms with E-state index in [1.54, 1.807) is 20.3 Å². The third-order valence-corrected chi connectivity index (χ3v) is 6.14. The summed E-state index contributed by atoms with van der Waals surface area (Å²) in [6.07, 6.45) is -5.99. The summed E-state index contributed by atoms with van der Waals surface area (Å²) in [5, 5.41) is 50.6. The summed E-state index contributed by atoms with van der Waals surface area (Å²) in [4.78, 5) is 0. The van der Waals surface area contributed by atoms with Gasteiger partial charge in [0.25, 0.3) is 0 Å². The number of benzene rings is 2. The lowest BCUT2D eigenvalue weighted by atomic mass is 9.84. The number of aliphatic hydroxyl groups is 4. The minimum Gasteiger partial charge on any atom is -0.502 e. The van der Waals surface area contributed by atoms with Gasteiger partial charge in [-0.05, 0) is 47.7 Å². The topological polar surface area (TPSA) is 147 Å². The maximum Gasteiger partial charge on any atom is 0.229 e. The maximum absolute atomic E-state index is 11.0. The van der Waals surface area contributed by atoms with Crippen LogP contribution in [0.15, 0.2) is 18.2 Å². The lowest BCUT2D eigenvalue weighted by Gasteiger charge is -2.39. The van der Waals surface area contributed by atoms with Crippen LogP contribution in [0, 0.1) is 0 Å². The SMILES string of the molecule is COc1cc2c(cc1OC)-c1c(cc(O[C@@H]3O[C@H](CO)[C@H](O)[C@H](O)[C@H]3O)c(O)c1OC)CC2. The third kappa shape index (κ3) is 3.94. The highest BCUT2D eigenvalue weighted by Crippen LogP contribution is 2.51. The van der Waals surface area contributed by atoms with Gasteiger partial charge in [0, 0.05) is 5.56 Å². The van der Waals surface area contributed by atoms with E-state index in [1.165, 1.54) is 7.11 Å². The molecule has 2 aliphatic rings. The lowest BCUT2D eigenvalue weighted by Crippen LogP contribution is -2.60. The molecule has 33 heavy (non-hydrogen) atoms. The van der Waals surface area contributed by atoms with Crippen molar-refractivity contribution in [3.8, 4) is 39.9 Å². The molecule has 1 heterocycles. The van der Waals surface area contributed by atoms with Crippen LogP contribution >= 0.6 is 0 Å². The van der Waals surface area contributed by atoms with Gasteiger partial charge in [0.2, 0.25) is 12.0 Å². The van der Waals surface area contributed by atoms with E-state index in [4.69, 9.17) is 23.7 Å². The van der Waals surface area contributed by atoms with E-state index in [2.05, 4.69) is 0 Å². The molecule has 0 spiro atoms. The first-order valence-corrected chi connectivity index (χ1v) is 10.5. The number of rotatable bonds is 6. The van der Waals surface area contributed by atoms with Crippen molar-refractivity contribution in [2.24, 2.45) is 0 Å². The van der Waals surface area contributed by atoms with Crippen molar-refractivity contribution in [1.29, 1.82) is 0 Å². The largest absolute Gasteiger partial charge is 0.502 e. The van der Waals surface area contributed by atoms with Crippen LogP contribution in [0.5, 0.6) is 28.7 Å². The standard InChI is InChI=1S/C23H28O10/c1-29-13-6-10-4-5-11-7-15(32-23-21(28)20(27)18(25)16(9-24)33-23)19(26)22(31-3)17(11)12(10)8-14(13)30-2/h6-8,16,18,20-21,23-28H,4-5,9H2,1-3H3/t16-,18+,20+,21-,23-/m1/s1. The molecule has 1 saturated heterocycles. The van der Waals surface area contributed by atoms with Crippen LogP contribution in [0.2, 0.25) is 0 Å². The third-order valence-electron chi connectivity index (χ3n) is 6.14. The predicted octanol–water partition coefficient (Wildman–Crippen LogP) is 0.362. The molecule has 2 aromatic carbocycles. The molecule has 10 heteroatoms. The van der Waals surface area contributed by atoms with Crippen LogP contribution in [0.1, 0.15) is 11.1 Å². The fourth-order valence-electron chi connectivity index (χ4n) is 4.38. The number of phenolic OH excluding ortho intramolecular Hbond substituents is 1. The highest BCUT2D eigenvalue weighted by Gasteiger charge is 2.45. The normalized spacial score (nSPS) is 26.2. The second-order valence-electron chi connectivity index (χ2n) is 7.97. The predicted molar refractivity (Wildman–Crippen MR) is 115 cm³/mol. The Hall–Kier alpha value is -2.76. The molecule has 180 valence electrons. The van der Waals surface area contributed by atoms with Gasteiger partial charge in [-0.2, -0.15) is 0 Å². The molecule has 0 saturated carbocycles. The monoisotopic (exact) mass is 464 g/mol. The molecule has 10 nitrogen and oxygen atoms in total. The van der Waals surface area contributed by atoms with Crippen molar-refractivity contribution in [3.63, 3.8) is 0 Å². The van der Waals surface area contributed by atoms with Gasteiger partial charge >= 0.3 is 0 Å². The summed E-state index contributed by atoms with van der Waals surface area (Å²) in [5.41, 5.74) is 3.32. The number of aromatic hydroxyl groups is 1. The molecular weight excluding hydrogens is 436 g/mol. The Bertz CT molecular complexity index is 1020. The average molecular weight is 464 g/mol. The number of aliphatic hydroxyl groups excluding tert-OH is 4. The molecule has 1 aliphatic carbocycles. The van der Waals surface area contributed by atoms with Crippen molar-refractivity contribution in [3.05, 3.63) is 29.3 Å². The Morgan fingerprint density at radius 1 is 0.848 bits per heavy atom. The van der Waals surface area contributed by atoms with Crippen molar-refractivity contribution < 1.29 is 49.2 Å². The fourth-order valence-corrected chi connectivity index (χ4v) is 4.38. The Labute approximate surface area is 190 Å². The summed E-state index contributed by atoms with van der Waals surface area (Å²) in [6, 6.07) is 5.34. The van der Waals surface area contributed by atoms with Gasteiger partial charge in [-0.3, -0.25) is 0 Å². The maximum atomic E-state index is 11.0. The Kier molecular flexibility index (Phi) is 6.55. The van der Waals surface area contributed by atoms with E-state index >= 15 is 0 Å². The number of hydrogen-bond acceptors (Lipinski definition) is 10. The number of methoxy groups -OCH3 is 3. The lowest BCUT2D eigenvalue weighted by molar-refractivity contribution is -0.277.